The highest BCUT2D eigenvalue weighted by Crippen LogP contribution is 2.30. The Balaban J connectivity index is 0.000000722. The van der Waals surface area contributed by atoms with Crippen LogP contribution in [0.5, 0.6) is 0 Å². The molecule has 0 spiro atoms. The fraction of sp³-hybridized carbons (Fsp3) is 0.538. The lowest BCUT2D eigenvalue weighted by Gasteiger charge is -2.27. The van der Waals surface area contributed by atoms with Crippen LogP contribution in [0.4, 0.5) is 0 Å². The van der Waals surface area contributed by atoms with Crippen LogP contribution in [0, 0.1) is 5.92 Å². The first kappa shape index (κ1) is 15.2. The Morgan fingerprint density at radius 2 is 1.94 bits per heavy atom. The summed E-state index contributed by atoms with van der Waals surface area (Å²) in [5.74, 6) is 0.828. The Morgan fingerprint density at radius 3 is 2.47 bits per heavy atom. The molecule has 2 heterocycles. The molecule has 0 unspecified atom stereocenters. The second kappa shape index (κ2) is 6.32. The predicted octanol–water partition coefficient (Wildman–Crippen LogP) is 2.63. The van der Waals surface area contributed by atoms with E-state index in [9.17, 15) is 0 Å². The number of nitrogens with zero attached hydrogens (tertiary/aromatic N) is 1. The van der Waals surface area contributed by atoms with Crippen LogP contribution in [0.3, 0.4) is 0 Å². The van der Waals surface area contributed by atoms with Gasteiger partial charge in [0.15, 0.2) is 0 Å². The van der Waals surface area contributed by atoms with Gasteiger partial charge in [0.25, 0.3) is 0 Å². The summed E-state index contributed by atoms with van der Waals surface area (Å²) in [7, 11) is 0. The van der Waals surface area contributed by atoms with E-state index in [1.54, 1.807) is 0 Å². The van der Waals surface area contributed by atoms with Crippen LogP contribution in [-0.4, -0.2) is 30.1 Å². The van der Waals surface area contributed by atoms with Crippen LogP contribution in [0.2, 0.25) is 0 Å². The third-order valence-electron chi connectivity index (χ3n) is 3.96. The summed E-state index contributed by atoms with van der Waals surface area (Å²) in [6.45, 7) is 5.90. The summed E-state index contributed by atoms with van der Waals surface area (Å²) < 4.78 is 0. The van der Waals surface area contributed by atoms with Crippen LogP contribution >= 0.6 is 34.0 Å². The van der Waals surface area contributed by atoms with Crippen molar-refractivity contribution in [3.63, 3.8) is 0 Å². The Bertz CT molecular complexity index is 345. The highest BCUT2D eigenvalue weighted by atomic mass is 79.9. The summed E-state index contributed by atoms with van der Waals surface area (Å²) in [5, 5.41) is 3.58. The second-order valence-corrected chi connectivity index (χ2v) is 4.86. The normalized spacial score (nSPS) is 30.8. The summed E-state index contributed by atoms with van der Waals surface area (Å²) in [5.41, 5.74) is 1.44. The molecule has 0 aliphatic carbocycles. The van der Waals surface area contributed by atoms with E-state index in [-0.39, 0.29) is 34.0 Å². The molecule has 1 N–H and O–H groups in total. The van der Waals surface area contributed by atoms with Crippen molar-refractivity contribution >= 4 is 34.0 Å². The van der Waals surface area contributed by atoms with Gasteiger partial charge in [-0.25, -0.2) is 0 Å². The zero-order valence-corrected chi connectivity index (χ0v) is 13.4. The second-order valence-electron chi connectivity index (χ2n) is 4.86. The van der Waals surface area contributed by atoms with Crippen LogP contribution < -0.4 is 5.32 Å². The quantitative estimate of drug-likeness (QED) is 0.868. The van der Waals surface area contributed by atoms with Crippen molar-refractivity contribution in [2.24, 2.45) is 5.92 Å². The van der Waals surface area contributed by atoms with Gasteiger partial charge in [0.2, 0.25) is 0 Å². The largest absolute Gasteiger partial charge is 0.311 e. The first-order valence-electron chi connectivity index (χ1n) is 5.86. The molecular weight excluding hydrogens is 344 g/mol. The van der Waals surface area contributed by atoms with E-state index in [1.807, 2.05) is 0 Å². The minimum absolute atomic E-state index is 0. The van der Waals surface area contributed by atoms with Crippen molar-refractivity contribution in [1.29, 1.82) is 0 Å². The monoisotopic (exact) mass is 362 g/mol. The third kappa shape index (κ3) is 2.92. The van der Waals surface area contributed by atoms with Gasteiger partial charge in [-0.15, -0.1) is 34.0 Å². The van der Waals surface area contributed by atoms with Gasteiger partial charge in [-0.1, -0.05) is 37.3 Å². The molecule has 3 rings (SSSR count). The van der Waals surface area contributed by atoms with E-state index in [0.717, 1.165) is 24.5 Å². The molecule has 3 atom stereocenters. The van der Waals surface area contributed by atoms with E-state index in [4.69, 9.17) is 0 Å². The van der Waals surface area contributed by atoms with Crippen molar-refractivity contribution in [2.75, 3.05) is 13.1 Å². The van der Waals surface area contributed by atoms with Crippen molar-refractivity contribution in [1.82, 2.24) is 10.2 Å². The lowest BCUT2D eigenvalue weighted by atomic mass is 10.0. The molecule has 2 fully saturated rings. The number of hydrogen-bond donors (Lipinski definition) is 1. The van der Waals surface area contributed by atoms with Crippen LogP contribution in [0.1, 0.15) is 12.5 Å². The topological polar surface area (TPSA) is 15.3 Å². The van der Waals surface area contributed by atoms with E-state index >= 15 is 0 Å². The highest BCUT2D eigenvalue weighted by Gasteiger charge is 2.43. The Labute approximate surface area is 124 Å². The average molecular weight is 364 g/mol. The van der Waals surface area contributed by atoms with Gasteiger partial charge in [0.05, 0.1) is 0 Å². The zero-order valence-electron chi connectivity index (χ0n) is 10.0. The Morgan fingerprint density at radius 1 is 1.24 bits per heavy atom. The fourth-order valence-electron chi connectivity index (χ4n) is 2.99. The summed E-state index contributed by atoms with van der Waals surface area (Å²) in [4.78, 5) is 2.63. The Hall–Kier alpha value is 0.1000. The first-order valence-corrected chi connectivity index (χ1v) is 5.86. The average Bonchev–Trinajstić information content (AvgIpc) is 2.75. The van der Waals surface area contributed by atoms with Crippen LogP contribution in [0.15, 0.2) is 30.3 Å². The van der Waals surface area contributed by atoms with Gasteiger partial charge in [0.1, 0.15) is 0 Å². The number of halogens is 2. The van der Waals surface area contributed by atoms with E-state index in [2.05, 4.69) is 47.5 Å². The highest BCUT2D eigenvalue weighted by molar-refractivity contribution is 8.93. The van der Waals surface area contributed by atoms with Crippen LogP contribution in [-0.2, 0) is 6.54 Å². The van der Waals surface area contributed by atoms with Crippen molar-refractivity contribution in [3.05, 3.63) is 35.9 Å². The number of likely N-dealkylation sites (tertiary alicyclic amines) is 1. The van der Waals surface area contributed by atoms with Gasteiger partial charge >= 0.3 is 0 Å². The number of benzene rings is 1. The molecule has 0 radical (unpaired) electrons. The first-order chi connectivity index (χ1) is 7.34. The van der Waals surface area contributed by atoms with Crippen molar-refractivity contribution in [3.8, 4) is 0 Å². The molecule has 2 bridgehead atoms. The predicted molar refractivity (Wildman–Crippen MR) is 82.2 cm³/mol. The molecule has 4 heteroatoms. The minimum atomic E-state index is 0. The van der Waals surface area contributed by atoms with Gasteiger partial charge < -0.3 is 5.32 Å². The lowest BCUT2D eigenvalue weighted by molar-refractivity contribution is 0.210. The van der Waals surface area contributed by atoms with Crippen LogP contribution in [0.25, 0.3) is 0 Å². The van der Waals surface area contributed by atoms with E-state index in [0.29, 0.717) is 0 Å². The molecule has 2 nitrogen and oxygen atoms in total. The smallest absolute Gasteiger partial charge is 0.0265 e. The molecule has 2 aliphatic heterocycles. The number of nitrogens with one attached hydrogen (secondary N) is 1. The van der Waals surface area contributed by atoms with Gasteiger partial charge in [0, 0.05) is 31.7 Å². The standard InChI is InChI=1S/C13H18N2.2BrH/c1-10-12-9-15(13(10)7-14-12)8-11-5-3-2-4-6-11;;/h2-6,10,12-14H,7-9H2,1H3;2*1H/t10-,12+,13+;;/m0../s1. The van der Waals surface area contributed by atoms with Crippen molar-refractivity contribution < 1.29 is 0 Å². The molecule has 17 heavy (non-hydrogen) atoms. The molecular formula is C13H20Br2N2. The molecule has 2 aliphatic rings. The van der Waals surface area contributed by atoms with Gasteiger partial charge in [-0.05, 0) is 11.5 Å². The number of piperazine rings is 1. The third-order valence-corrected chi connectivity index (χ3v) is 3.96. The molecule has 96 valence electrons. The van der Waals surface area contributed by atoms with Gasteiger partial charge in [-0.3, -0.25) is 4.90 Å². The van der Waals surface area contributed by atoms with Crippen molar-refractivity contribution in [2.45, 2.75) is 25.6 Å². The molecule has 0 amide bonds. The lowest BCUT2D eigenvalue weighted by Crippen LogP contribution is -2.42. The minimum Gasteiger partial charge on any atom is -0.311 e. The maximum Gasteiger partial charge on any atom is 0.0265 e. The summed E-state index contributed by atoms with van der Waals surface area (Å²) in [6.07, 6.45) is 0. The fourth-order valence-corrected chi connectivity index (χ4v) is 2.99. The summed E-state index contributed by atoms with van der Waals surface area (Å²) >= 11 is 0. The number of fused-ring (bicyclic) bond motifs is 2. The number of hydrogen-bond acceptors (Lipinski definition) is 2. The maximum atomic E-state index is 3.58. The molecule has 2 saturated heterocycles. The molecule has 0 aromatic heterocycles. The van der Waals surface area contributed by atoms with Gasteiger partial charge in [-0.2, -0.15) is 0 Å². The van der Waals surface area contributed by atoms with E-state index in [1.165, 1.54) is 18.7 Å². The van der Waals surface area contributed by atoms with E-state index < -0.39 is 0 Å². The summed E-state index contributed by atoms with van der Waals surface area (Å²) in [6, 6.07) is 12.3. The Kier molecular flexibility index (Phi) is 5.64. The molecule has 0 saturated carbocycles. The maximum absolute atomic E-state index is 3.58. The molecule has 1 aromatic carbocycles. The SMILES string of the molecule is Br.Br.C[C@@H]1[C@H]2CN[C@@H]1CN2Cc1ccccc1. The molecule has 1 aromatic rings. The zero-order chi connectivity index (χ0) is 10.3. The number of rotatable bonds is 2.